The van der Waals surface area contributed by atoms with Crippen molar-refractivity contribution in [3.8, 4) is 11.1 Å². The Balaban J connectivity index is 0.000000786. The molecule has 1 aliphatic carbocycles. The van der Waals surface area contributed by atoms with E-state index in [-0.39, 0.29) is 34.5 Å². The second-order valence-corrected chi connectivity index (χ2v) is 8.72. The standard InChI is InChI=1S/C26H20F4N2O2.CH2O3/c27-20-13-18(15-5-7-17(8-6-15)24(33)16-3-1-2-4-16)9-11-21(20)31-25-32-22-14-19(26(28,29)30)10-12-23(22)34-25;2-1(3)4/h5-14,16H,1-4H2,(H,31,32);(H2,2,3,4). The lowest BCUT2D eigenvalue weighted by Gasteiger charge is -2.10. The minimum Gasteiger partial charge on any atom is -0.450 e. The Labute approximate surface area is 213 Å². The molecule has 198 valence electrons. The number of carbonyl (C=O) groups is 2. The maximum Gasteiger partial charge on any atom is 0.503 e. The zero-order valence-corrected chi connectivity index (χ0v) is 19.8. The number of fused-ring (bicyclic) bond motifs is 1. The number of benzene rings is 3. The first-order valence-electron chi connectivity index (χ1n) is 11.6. The number of alkyl halides is 3. The normalized spacial score (nSPS) is 13.7. The Morgan fingerprint density at radius 1 is 0.921 bits per heavy atom. The molecule has 3 N–H and O–H groups in total. The van der Waals surface area contributed by atoms with Crippen LogP contribution in [-0.4, -0.2) is 27.1 Å². The topological polar surface area (TPSA) is 113 Å². The zero-order valence-electron chi connectivity index (χ0n) is 19.8. The second-order valence-electron chi connectivity index (χ2n) is 8.72. The van der Waals surface area contributed by atoms with Gasteiger partial charge in [0.1, 0.15) is 11.3 Å². The molecule has 0 amide bonds. The van der Waals surface area contributed by atoms with E-state index in [1.54, 1.807) is 30.3 Å². The van der Waals surface area contributed by atoms with E-state index in [4.69, 9.17) is 19.4 Å². The van der Waals surface area contributed by atoms with Gasteiger partial charge in [-0.2, -0.15) is 18.2 Å². The average Bonchev–Trinajstić information content (AvgIpc) is 3.53. The number of hydrogen-bond donors (Lipinski definition) is 3. The molecule has 0 unspecified atom stereocenters. The molecule has 38 heavy (non-hydrogen) atoms. The van der Waals surface area contributed by atoms with Crippen molar-refractivity contribution in [1.29, 1.82) is 0 Å². The molecule has 1 heterocycles. The Kier molecular flexibility index (Phi) is 7.65. The van der Waals surface area contributed by atoms with Gasteiger partial charge >= 0.3 is 12.3 Å². The highest BCUT2D eigenvalue weighted by Crippen LogP contribution is 2.33. The van der Waals surface area contributed by atoms with Gasteiger partial charge in [-0.25, -0.2) is 9.18 Å². The second kappa shape index (κ2) is 10.9. The number of hydrogen-bond acceptors (Lipinski definition) is 5. The third-order valence-corrected chi connectivity index (χ3v) is 6.15. The summed E-state index contributed by atoms with van der Waals surface area (Å²) in [6.07, 6.45) is -2.28. The minimum atomic E-state index is -4.50. The van der Waals surface area contributed by atoms with E-state index in [1.165, 1.54) is 18.2 Å². The van der Waals surface area contributed by atoms with Crippen molar-refractivity contribution in [2.75, 3.05) is 5.32 Å². The van der Waals surface area contributed by atoms with Gasteiger partial charge in [-0.3, -0.25) is 4.79 Å². The number of aromatic nitrogens is 1. The Bertz CT molecular complexity index is 1450. The van der Waals surface area contributed by atoms with Crippen LogP contribution in [0.4, 0.5) is 34.1 Å². The molecular formula is C27H22F4N2O5. The summed E-state index contributed by atoms with van der Waals surface area (Å²) in [6, 6.07) is 14.5. The monoisotopic (exact) mass is 530 g/mol. The smallest absolute Gasteiger partial charge is 0.450 e. The molecule has 0 spiro atoms. The van der Waals surface area contributed by atoms with Crippen molar-refractivity contribution in [1.82, 2.24) is 4.98 Å². The summed E-state index contributed by atoms with van der Waals surface area (Å²) < 4.78 is 58.8. The van der Waals surface area contributed by atoms with Crippen LogP contribution in [0.3, 0.4) is 0 Å². The van der Waals surface area contributed by atoms with E-state index in [9.17, 15) is 22.4 Å². The Morgan fingerprint density at radius 3 is 2.16 bits per heavy atom. The molecule has 0 bridgehead atoms. The van der Waals surface area contributed by atoms with Gasteiger partial charge in [0, 0.05) is 11.5 Å². The number of nitrogens with zero attached hydrogens (tertiary/aromatic N) is 1. The molecule has 1 saturated carbocycles. The first kappa shape index (κ1) is 26.6. The largest absolute Gasteiger partial charge is 0.503 e. The van der Waals surface area contributed by atoms with Gasteiger partial charge in [0.2, 0.25) is 0 Å². The number of halogens is 4. The van der Waals surface area contributed by atoms with Crippen molar-refractivity contribution < 1.29 is 41.8 Å². The lowest BCUT2D eigenvalue weighted by Crippen LogP contribution is -2.10. The number of anilines is 2. The van der Waals surface area contributed by atoms with Crippen LogP contribution in [0.1, 0.15) is 41.6 Å². The van der Waals surface area contributed by atoms with Crippen LogP contribution < -0.4 is 5.32 Å². The minimum absolute atomic E-state index is 0.0154. The third-order valence-electron chi connectivity index (χ3n) is 6.15. The highest BCUT2D eigenvalue weighted by Gasteiger charge is 2.31. The first-order chi connectivity index (χ1) is 18.0. The number of rotatable bonds is 5. The maximum absolute atomic E-state index is 14.8. The van der Waals surface area contributed by atoms with Gasteiger partial charge in [0.25, 0.3) is 6.01 Å². The van der Waals surface area contributed by atoms with E-state index in [0.29, 0.717) is 11.1 Å². The van der Waals surface area contributed by atoms with Gasteiger partial charge in [-0.05, 0) is 54.3 Å². The van der Waals surface area contributed by atoms with Gasteiger partial charge in [-0.15, -0.1) is 0 Å². The fourth-order valence-corrected chi connectivity index (χ4v) is 4.32. The van der Waals surface area contributed by atoms with Crippen LogP contribution in [0.2, 0.25) is 0 Å². The molecule has 5 rings (SSSR count). The maximum atomic E-state index is 14.8. The zero-order chi connectivity index (χ0) is 27.4. The summed E-state index contributed by atoms with van der Waals surface area (Å²) in [6.45, 7) is 0. The van der Waals surface area contributed by atoms with Gasteiger partial charge < -0.3 is 19.9 Å². The van der Waals surface area contributed by atoms with Crippen LogP contribution in [0.5, 0.6) is 0 Å². The number of ketones is 1. The fraction of sp³-hybridized carbons (Fsp3) is 0.222. The predicted octanol–water partition coefficient (Wildman–Crippen LogP) is 7.99. The van der Waals surface area contributed by atoms with E-state index in [2.05, 4.69) is 10.3 Å². The molecule has 0 atom stereocenters. The van der Waals surface area contributed by atoms with Crippen LogP contribution >= 0.6 is 0 Å². The van der Waals surface area contributed by atoms with E-state index in [1.807, 2.05) is 0 Å². The molecule has 1 fully saturated rings. The van der Waals surface area contributed by atoms with Crippen molar-refractivity contribution in [3.63, 3.8) is 0 Å². The lowest BCUT2D eigenvalue weighted by atomic mass is 9.94. The number of oxazole rings is 1. The summed E-state index contributed by atoms with van der Waals surface area (Å²) in [5, 5.41) is 16.6. The van der Waals surface area contributed by atoms with Crippen molar-refractivity contribution in [3.05, 3.63) is 77.6 Å². The van der Waals surface area contributed by atoms with Crippen LogP contribution in [-0.2, 0) is 6.18 Å². The predicted molar refractivity (Wildman–Crippen MR) is 131 cm³/mol. The van der Waals surface area contributed by atoms with E-state index < -0.39 is 23.7 Å². The Morgan fingerprint density at radius 2 is 1.55 bits per heavy atom. The molecule has 4 aromatic rings. The summed E-state index contributed by atoms with van der Waals surface area (Å²) in [4.78, 5) is 25.1. The molecule has 0 saturated heterocycles. The lowest BCUT2D eigenvalue weighted by molar-refractivity contribution is -0.137. The van der Waals surface area contributed by atoms with Crippen molar-refractivity contribution in [2.24, 2.45) is 5.92 Å². The van der Waals surface area contributed by atoms with Crippen molar-refractivity contribution in [2.45, 2.75) is 31.9 Å². The van der Waals surface area contributed by atoms with Crippen LogP contribution in [0.15, 0.2) is 65.1 Å². The summed E-state index contributed by atoms with van der Waals surface area (Å²) in [5.41, 5.74) is 1.44. The molecule has 1 aliphatic rings. The van der Waals surface area contributed by atoms with Crippen LogP contribution in [0, 0.1) is 11.7 Å². The third kappa shape index (κ3) is 6.28. The number of Topliss-reactive ketones (excluding diaryl/α,β-unsaturated/α-hetero) is 1. The number of nitrogens with one attached hydrogen (secondary N) is 1. The van der Waals surface area contributed by atoms with Gasteiger partial charge in [-0.1, -0.05) is 43.2 Å². The van der Waals surface area contributed by atoms with Gasteiger partial charge in [0.15, 0.2) is 11.4 Å². The first-order valence-corrected chi connectivity index (χ1v) is 11.6. The van der Waals surface area contributed by atoms with Crippen molar-refractivity contribution >= 4 is 34.7 Å². The summed E-state index contributed by atoms with van der Waals surface area (Å²) in [7, 11) is 0. The van der Waals surface area contributed by atoms with Crippen LogP contribution in [0.25, 0.3) is 22.2 Å². The number of carbonyl (C=O) groups excluding carboxylic acids is 1. The fourth-order valence-electron chi connectivity index (χ4n) is 4.32. The Hall–Kier alpha value is -4.41. The highest BCUT2D eigenvalue weighted by atomic mass is 19.4. The molecule has 11 heteroatoms. The van der Waals surface area contributed by atoms with E-state index >= 15 is 0 Å². The number of carboxylic acid groups (broad SMARTS) is 2. The highest BCUT2D eigenvalue weighted by molar-refractivity contribution is 5.98. The molecule has 0 radical (unpaired) electrons. The molecule has 0 aliphatic heterocycles. The SMILES string of the molecule is O=C(O)O.O=C(c1ccc(-c2ccc(Nc3nc4cc(C(F)(F)F)ccc4o3)c(F)c2)cc1)C1CCCC1. The molecule has 7 nitrogen and oxygen atoms in total. The molecular weight excluding hydrogens is 508 g/mol. The molecule has 1 aromatic heterocycles. The average molecular weight is 530 g/mol. The molecule has 3 aromatic carbocycles. The van der Waals surface area contributed by atoms with E-state index in [0.717, 1.165) is 43.4 Å². The summed E-state index contributed by atoms with van der Waals surface area (Å²) in [5.74, 6) is -0.321. The summed E-state index contributed by atoms with van der Waals surface area (Å²) >= 11 is 0. The van der Waals surface area contributed by atoms with Gasteiger partial charge in [0.05, 0.1) is 11.3 Å². The quantitative estimate of drug-likeness (QED) is 0.177.